The molecule has 0 bridgehead atoms. The third kappa shape index (κ3) is 4.33. The summed E-state index contributed by atoms with van der Waals surface area (Å²) in [6.07, 6.45) is 3.16. The number of benzene rings is 1. The molecule has 2 amide bonds. The van der Waals surface area contributed by atoms with Crippen LogP contribution in [-0.4, -0.2) is 24.9 Å². The number of hydrogen-bond donors (Lipinski definition) is 2. The lowest BCUT2D eigenvalue weighted by Gasteiger charge is -2.16. The molecule has 0 aliphatic heterocycles. The Hall–Kier alpha value is -1.84. The highest BCUT2D eigenvalue weighted by Crippen LogP contribution is 2.46. The van der Waals surface area contributed by atoms with Crippen molar-refractivity contribution >= 4 is 11.8 Å². The smallest absolute Gasteiger partial charge is 0.235 e. The fourth-order valence-corrected chi connectivity index (χ4v) is 2.46. The molecule has 2 N–H and O–H groups in total. The van der Waals surface area contributed by atoms with Gasteiger partial charge in [0.25, 0.3) is 0 Å². The summed E-state index contributed by atoms with van der Waals surface area (Å²) in [7, 11) is 0. The molecule has 1 fully saturated rings. The molecule has 120 valence electrons. The topological polar surface area (TPSA) is 58.2 Å². The summed E-state index contributed by atoms with van der Waals surface area (Å²) in [5.41, 5.74) is 0.481. The molecule has 0 atom stereocenters. The molecular weight excluding hydrogens is 276 g/mol. The molecule has 4 heteroatoms. The molecule has 1 saturated carbocycles. The first-order valence-corrected chi connectivity index (χ1v) is 8.15. The van der Waals surface area contributed by atoms with Crippen molar-refractivity contribution in [3.05, 3.63) is 35.9 Å². The minimum Gasteiger partial charge on any atom is -0.355 e. The average Bonchev–Trinajstić information content (AvgIpc) is 3.32. The first kappa shape index (κ1) is 16.5. The van der Waals surface area contributed by atoms with Gasteiger partial charge in [-0.1, -0.05) is 44.2 Å². The molecule has 22 heavy (non-hydrogen) atoms. The molecule has 1 aromatic rings. The van der Waals surface area contributed by atoms with Gasteiger partial charge in [0.05, 0.1) is 0 Å². The van der Waals surface area contributed by atoms with Crippen LogP contribution in [0, 0.1) is 11.3 Å². The zero-order valence-corrected chi connectivity index (χ0v) is 13.5. The van der Waals surface area contributed by atoms with Crippen molar-refractivity contribution in [2.45, 2.75) is 39.5 Å². The summed E-state index contributed by atoms with van der Waals surface area (Å²) in [5.74, 6) is 0.178. The summed E-state index contributed by atoms with van der Waals surface area (Å²) in [5, 5.41) is 5.81. The second-order valence-corrected chi connectivity index (χ2v) is 6.53. The Labute approximate surface area is 132 Å². The molecule has 2 rings (SSSR count). The van der Waals surface area contributed by atoms with Crippen LogP contribution in [-0.2, 0) is 16.0 Å². The maximum absolute atomic E-state index is 12.3. The van der Waals surface area contributed by atoms with Crippen LogP contribution in [0.15, 0.2) is 30.3 Å². The largest absolute Gasteiger partial charge is 0.355 e. The maximum Gasteiger partial charge on any atom is 0.235 e. The van der Waals surface area contributed by atoms with Crippen molar-refractivity contribution in [2.24, 2.45) is 11.3 Å². The normalized spacial score (nSPS) is 15.4. The number of carbonyl (C=O) groups excluding carboxylic acids is 2. The van der Waals surface area contributed by atoms with E-state index in [4.69, 9.17) is 0 Å². The van der Waals surface area contributed by atoms with Crippen LogP contribution in [0.3, 0.4) is 0 Å². The molecule has 0 unspecified atom stereocenters. The Morgan fingerprint density at radius 2 is 1.73 bits per heavy atom. The predicted molar refractivity (Wildman–Crippen MR) is 87.3 cm³/mol. The second kappa shape index (κ2) is 7.43. The summed E-state index contributed by atoms with van der Waals surface area (Å²) < 4.78 is 0. The quantitative estimate of drug-likeness (QED) is 0.572. The molecule has 4 nitrogen and oxygen atoms in total. The highest BCUT2D eigenvalue weighted by Gasteiger charge is 2.56. The van der Waals surface area contributed by atoms with Crippen molar-refractivity contribution in [3.63, 3.8) is 0 Å². The summed E-state index contributed by atoms with van der Waals surface area (Å²) >= 11 is 0. The average molecular weight is 302 g/mol. The number of nitrogens with one attached hydrogen (secondary N) is 2. The molecule has 1 aromatic carbocycles. The number of carbonyl (C=O) groups is 2. The van der Waals surface area contributed by atoms with Crippen LogP contribution in [0.4, 0.5) is 0 Å². The van der Waals surface area contributed by atoms with Gasteiger partial charge in [0.2, 0.25) is 11.8 Å². The highest BCUT2D eigenvalue weighted by atomic mass is 16.2. The summed E-state index contributed by atoms with van der Waals surface area (Å²) in [6.45, 7) is 5.34. The van der Waals surface area contributed by atoms with Crippen molar-refractivity contribution in [1.82, 2.24) is 10.6 Å². The third-order valence-corrected chi connectivity index (χ3v) is 4.06. The number of amides is 2. The van der Waals surface area contributed by atoms with Gasteiger partial charge in [-0.05, 0) is 37.2 Å². The maximum atomic E-state index is 12.3. The molecule has 0 aromatic heterocycles. The molecule has 1 aliphatic carbocycles. The molecule has 0 saturated heterocycles. The molecule has 0 heterocycles. The van der Waals surface area contributed by atoms with Crippen LogP contribution >= 0.6 is 0 Å². The van der Waals surface area contributed by atoms with E-state index in [9.17, 15) is 9.59 Å². The number of rotatable bonds is 8. The highest BCUT2D eigenvalue weighted by molar-refractivity contribution is 6.07. The monoisotopic (exact) mass is 302 g/mol. The van der Waals surface area contributed by atoms with Gasteiger partial charge in [-0.2, -0.15) is 0 Å². The van der Waals surface area contributed by atoms with Gasteiger partial charge in [0.15, 0.2) is 0 Å². The lowest BCUT2D eigenvalue weighted by Crippen LogP contribution is -2.44. The Bertz CT molecular complexity index is 507. The van der Waals surface area contributed by atoms with E-state index in [1.165, 1.54) is 5.56 Å². The van der Waals surface area contributed by atoms with Crippen LogP contribution in [0.5, 0.6) is 0 Å². The van der Waals surface area contributed by atoms with Crippen molar-refractivity contribution < 1.29 is 9.59 Å². The molecule has 1 aliphatic rings. The Morgan fingerprint density at radius 1 is 1.09 bits per heavy atom. The fourth-order valence-electron chi connectivity index (χ4n) is 2.46. The van der Waals surface area contributed by atoms with Crippen LogP contribution < -0.4 is 10.6 Å². The fraction of sp³-hybridized carbons (Fsp3) is 0.556. The number of aryl methyl sites for hydroxylation is 1. The van der Waals surface area contributed by atoms with E-state index in [1.54, 1.807) is 0 Å². The van der Waals surface area contributed by atoms with Gasteiger partial charge in [0, 0.05) is 13.1 Å². The summed E-state index contributed by atoms with van der Waals surface area (Å²) in [6, 6.07) is 10.2. The first-order chi connectivity index (χ1) is 10.5. The minimum absolute atomic E-state index is 0.109. The van der Waals surface area contributed by atoms with Gasteiger partial charge in [-0.3, -0.25) is 9.59 Å². The second-order valence-electron chi connectivity index (χ2n) is 6.53. The molecule has 0 spiro atoms. The Kier molecular flexibility index (Phi) is 5.58. The first-order valence-electron chi connectivity index (χ1n) is 8.15. The van der Waals surface area contributed by atoms with Crippen molar-refractivity contribution in [3.8, 4) is 0 Å². The predicted octanol–water partition coefficient (Wildman–Crippen LogP) is 2.29. The van der Waals surface area contributed by atoms with Crippen LogP contribution in [0.25, 0.3) is 0 Å². The van der Waals surface area contributed by atoms with E-state index in [2.05, 4.69) is 22.8 Å². The van der Waals surface area contributed by atoms with Gasteiger partial charge in [-0.15, -0.1) is 0 Å². The van der Waals surface area contributed by atoms with E-state index in [0.29, 0.717) is 31.8 Å². The van der Waals surface area contributed by atoms with Crippen LogP contribution in [0.2, 0.25) is 0 Å². The third-order valence-electron chi connectivity index (χ3n) is 4.06. The van der Waals surface area contributed by atoms with Gasteiger partial charge in [0.1, 0.15) is 5.41 Å². The van der Waals surface area contributed by atoms with E-state index in [-0.39, 0.29) is 11.8 Å². The lowest BCUT2D eigenvalue weighted by molar-refractivity contribution is -0.137. The summed E-state index contributed by atoms with van der Waals surface area (Å²) in [4.78, 5) is 24.4. The van der Waals surface area contributed by atoms with Crippen molar-refractivity contribution in [1.29, 1.82) is 0 Å². The van der Waals surface area contributed by atoms with E-state index in [1.807, 2.05) is 32.0 Å². The minimum atomic E-state index is -0.790. The van der Waals surface area contributed by atoms with Crippen LogP contribution in [0.1, 0.15) is 38.7 Å². The van der Waals surface area contributed by atoms with Gasteiger partial charge < -0.3 is 10.6 Å². The lowest BCUT2D eigenvalue weighted by atomic mass is 10.0. The number of hydrogen-bond acceptors (Lipinski definition) is 2. The Morgan fingerprint density at radius 3 is 2.32 bits per heavy atom. The zero-order chi connectivity index (χ0) is 16.0. The van der Waals surface area contributed by atoms with Gasteiger partial charge in [-0.25, -0.2) is 0 Å². The molecule has 0 radical (unpaired) electrons. The van der Waals surface area contributed by atoms with E-state index in [0.717, 1.165) is 12.8 Å². The van der Waals surface area contributed by atoms with Crippen molar-refractivity contribution in [2.75, 3.05) is 13.1 Å². The SMILES string of the molecule is CC(C)CNC(=O)C1(C(=O)NCCCc2ccccc2)CC1. The van der Waals surface area contributed by atoms with E-state index >= 15 is 0 Å². The zero-order valence-electron chi connectivity index (χ0n) is 13.5. The standard InChI is InChI=1S/C18H26N2O2/c1-14(2)13-20-17(22)18(10-11-18)16(21)19-12-6-9-15-7-4-3-5-8-15/h3-5,7-8,14H,6,9-13H2,1-2H3,(H,19,21)(H,20,22). The molecular formula is C18H26N2O2. The van der Waals surface area contributed by atoms with E-state index < -0.39 is 5.41 Å². The Balaban J connectivity index is 1.71. The van der Waals surface area contributed by atoms with Gasteiger partial charge >= 0.3 is 0 Å².